The first-order chi connectivity index (χ1) is 8.52. The van der Waals surface area contributed by atoms with Crippen molar-refractivity contribution >= 4 is 0 Å². The van der Waals surface area contributed by atoms with Gasteiger partial charge in [-0.25, -0.2) is 0 Å². The van der Waals surface area contributed by atoms with Crippen LogP contribution in [0.3, 0.4) is 0 Å². The van der Waals surface area contributed by atoms with Crippen LogP contribution in [0.1, 0.15) is 45.3 Å². The lowest BCUT2D eigenvalue weighted by atomic mass is 10.0. The van der Waals surface area contributed by atoms with Gasteiger partial charge in [-0.1, -0.05) is 25.9 Å². The Labute approximate surface area is 110 Å². The summed E-state index contributed by atoms with van der Waals surface area (Å²) < 4.78 is 5.21. The highest BCUT2D eigenvalue weighted by Crippen LogP contribution is 2.06. The van der Waals surface area contributed by atoms with Crippen molar-refractivity contribution in [1.29, 1.82) is 0 Å². The Hall–Kier alpha value is -0.940. The Morgan fingerprint density at radius 1 is 1.39 bits per heavy atom. The van der Waals surface area contributed by atoms with Crippen molar-refractivity contribution in [3.63, 3.8) is 0 Å². The zero-order valence-electron chi connectivity index (χ0n) is 12.0. The van der Waals surface area contributed by atoms with Crippen molar-refractivity contribution in [2.45, 2.75) is 52.6 Å². The molecule has 1 aromatic rings. The number of hydrogen-bond acceptors (Lipinski definition) is 5. The lowest BCUT2D eigenvalue weighted by Gasteiger charge is -2.19. The van der Waals surface area contributed by atoms with E-state index in [1.807, 2.05) is 0 Å². The van der Waals surface area contributed by atoms with E-state index in [4.69, 9.17) is 10.3 Å². The molecule has 0 aliphatic heterocycles. The molecule has 1 heterocycles. The number of hydrogen-bond donors (Lipinski definition) is 1. The summed E-state index contributed by atoms with van der Waals surface area (Å²) in [6.07, 6.45) is 2.91. The Balaban J connectivity index is 2.32. The molecule has 1 atom stereocenters. The average Bonchev–Trinajstić information content (AvgIpc) is 2.73. The van der Waals surface area contributed by atoms with Crippen LogP contribution in [0.25, 0.3) is 0 Å². The fraction of sp³-hybridized carbons (Fsp3) is 0.846. The van der Waals surface area contributed by atoms with E-state index in [-0.39, 0.29) is 6.04 Å². The second-order valence-electron chi connectivity index (χ2n) is 5.29. The van der Waals surface area contributed by atoms with E-state index in [1.54, 1.807) is 0 Å². The number of nitrogens with zero attached hydrogens (tertiary/aromatic N) is 3. The highest BCUT2D eigenvalue weighted by atomic mass is 16.5. The summed E-state index contributed by atoms with van der Waals surface area (Å²) in [5, 5.41) is 3.94. The minimum absolute atomic E-state index is 0.255. The summed E-state index contributed by atoms with van der Waals surface area (Å²) in [5.41, 5.74) is 6.02. The van der Waals surface area contributed by atoms with Crippen LogP contribution in [0.5, 0.6) is 0 Å². The van der Waals surface area contributed by atoms with Gasteiger partial charge >= 0.3 is 0 Å². The summed E-state index contributed by atoms with van der Waals surface area (Å²) in [5.74, 6) is 2.02. The number of nitrogens with two attached hydrogens (primary N) is 1. The van der Waals surface area contributed by atoms with E-state index >= 15 is 0 Å². The van der Waals surface area contributed by atoms with E-state index in [0.717, 1.165) is 31.6 Å². The van der Waals surface area contributed by atoms with Gasteiger partial charge in [0.15, 0.2) is 5.82 Å². The second kappa shape index (κ2) is 7.48. The number of rotatable bonds is 8. The zero-order valence-corrected chi connectivity index (χ0v) is 12.0. The summed E-state index contributed by atoms with van der Waals surface area (Å²) in [6, 6.07) is 0.255. The van der Waals surface area contributed by atoms with Gasteiger partial charge in [-0.05, 0) is 32.4 Å². The molecule has 0 amide bonds. The lowest BCUT2D eigenvalue weighted by molar-refractivity contribution is 0.252. The highest BCUT2D eigenvalue weighted by molar-refractivity contribution is 4.86. The summed E-state index contributed by atoms with van der Waals surface area (Å²) >= 11 is 0. The molecule has 1 aromatic heterocycles. The molecule has 18 heavy (non-hydrogen) atoms. The zero-order chi connectivity index (χ0) is 13.5. The molecular formula is C13H26N4O. The minimum Gasteiger partial charge on any atom is -0.338 e. The van der Waals surface area contributed by atoms with E-state index in [0.29, 0.717) is 18.4 Å². The van der Waals surface area contributed by atoms with Gasteiger partial charge in [0.25, 0.3) is 0 Å². The van der Waals surface area contributed by atoms with E-state index in [1.165, 1.54) is 0 Å². The Bertz CT molecular complexity index is 337. The molecule has 5 heteroatoms. The molecule has 1 rings (SSSR count). The molecule has 0 aliphatic rings. The Morgan fingerprint density at radius 3 is 2.72 bits per heavy atom. The molecule has 104 valence electrons. The van der Waals surface area contributed by atoms with Gasteiger partial charge < -0.3 is 10.3 Å². The van der Waals surface area contributed by atoms with Crippen molar-refractivity contribution < 1.29 is 4.52 Å². The van der Waals surface area contributed by atoms with E-state index in [2.05, 4.69) is 42.9 Å². The third kappa shape index (κ3) is 5.14. The van der Waals surface area contributed by atoms with Crippen LogP contribution in [0.4, 0.5) is 0 Å². The molecule has 1 unspecified atom stereocenters. The van der Waals surface area contributed by atoms with Crippen molar-refractivity contribution in [3.05, 3.63) is 11.7 Å². The molecule has 2 N–H and O–H groups in total. The normalized spacial score (nSPS) is 13.5. The van der Waals surface area contributed by atoms with Crippen LogP contribution in [0.2, 0.25) is 0 Å². The quantitative estimate of drug-likeness (QED) is 0.766. The molecule has 0 radical (unpaired) electrons. The molecule has 0 fully saturated rings. The molecule has 0 aromatic carbocycles. The first kappa shape index (κ1) is 15.1. The van der Waals surface area contributed by atoms with Gasteiger partial charge in [0.2, 0.25) is 5.89 Å². The van der Waals surface area contributed by atoms with Crippen LogP contribution in [-0.2, 0) is 13.0 Å². The van der Waals surface area contributed by atoms with Crippen molar-refractivity contribution in [2.24, 2.45) is 11.7 Å². The highest BCUT2D eigenvalue weighted by Gasteiger charge is 2.11. The fourth-order valence-corrected chi connectivity index (χ4v) is 1.69. The van der Waals surface area contributed by atoms with Gasteiger partial charge in [-0.15, -0.1) is 0 Å². The molecule has 5 nitrogen and oxygen atoms in total. The second-order valence-corrected chi connectivity index (χ2v) is 5.29. The van der Waals surface area contributed by atoms with E-state index < -0.39 is 0 Å². The van der Waals surface area contributed by atoms with Gasteiger partial charge in [-0.3, -0.25) is 4.90 Å². The van der Waals surface area contributed by atoms with Crippen LogP contribution in [0.15, 0.2) is 4.52 Å². The van der Waals surface area contributed by atoms with Crippen LogP contribution >= 0.6 is 0 Å². The average molecular weight is 254 g/mol. The third-order valence-corrected chi connectivity index (χ3v) is 3.09. The van der Waals surface area contributed by atoms with Crippen molar-refractivity contribution in [1.82, 2.24) is 15.0 Å². The monoisotopic (exact) mass is 254 g/mol. The largest absolute Gasteiger partial charge is 0.338 e. The SMILES string of the molecule is CCCc1noc(CN(C)CCC(N)C(C)C)n1. The minimum atomic E-state index is 0.255. The molecule has 0 saturated carbocycles. The van der Waals surface area contributed by atoms with Gasteiger partial charge in [0, 0.05) is 12.5 Å². The van der Waals surface area contributed by atoms with E-state index in [9.17, 15) is 0 Å². The third-order valence-electron chi connectivity index (χ3n) is 3.09. The number of aromatic nitrogens is 2. The Kier molecular flexibility index (Phi) is 6.29. The van der Waals surface area contributed by atoms with Crippen molar-refractivity contribution in [2.75, 3.05) is 13.6 Å². The number of aryl methyl sites for hydroxylation is 1. The lowest BCUT2D eigenvalue weighted by Crippen LogP contribution is -2.31. The fourth-order valence-electron chi connectivity index (χ4n) is 1.69. The summed E-state index contributed by atoms with van der Waals surface area (Å²) in [4.78, 5) is 6.52. The van der Waals surface area contributed by atoms with Crippen LogP contribution in [0, 0.1) is 5.92 Å². The maximum absolute atomic E-state index is 6.02. The van der Waals surface area contributed by atoms with Crippen LogP contribution in [-0.4, -0.2) is 34.7 Å². The topological polar surface area (TPSA) is 68.2 Å². The maximum Gasteiger partial charge on any atom is 0.240 e. The van der Waals surface area contributed by atoms with Gasteiger partial charge in [0.05, 0.1) is 6.54 Å². The maximum atomic E-state index is 6.02. The molecule has 0 bridgehead atoms. The van der Waals surface area contributed by atoms with Gasteiger partial charge in [0.1, 0.15) is 0 Å². The molecule has 0 aliphatic carbocycles. The van der Waals surface area contributed by atoms with Crippen molar-refractivity contribution in [3.8, 4) is 0 Å². The summed E-state index contributed by atoms with van der Waals surface area (Å²) in [7, 11) is 2.05. The molecule has 0 saturated heterocycles. The first-order valence-corrected chi connectivity index (χ1v) is 6.78. The smallest absolute Gasteiger partial charge is 0.240 e. The molecular weight excluding hydrogens is 228 g/mol. The predicted octanol–water partition coefficient (Wildman–Crippen LogP) is 1.83. The predicted molar refractivity (Wildman–Crippen MR) is 72.1 cm³/mol. The van der Waals surface area contributed by atoms with Crippen LogP contribution < -0.4 is 5.73 Å². The van der Waals surface area contributed by atoms with Gasteiger partial charge in [-0.2, -0.15) is 4.98 Å². The first-order valence-electron chi connectivity index (χ1n) is 6.78. The Morgan fingerprint density at radius 2 is 2.11 bits per heavy atom. The molecule has 0 spiro atoms. The standard InChI is InChI=1S/C13H26N4O/c1-5-6-12-15-13(18-16-12)9-17(4)8-7-11(14)10(2)3/h10-11H,5-9,14H2,1-4H3. The summed E-state index contributed by atoms with van der Waals surface area (Å²) in [6.45, 7) is 8.06.